The summed E-state index contributed by atoms with van der Waals surface area (Å²) in [6.45, 7) is 3.57. The van der Waals surface area contributed by atoms with E-state index in [1.54, 1.807) is 13.0 Å². The molecule has 1 aliphatic heterocycles. The fraction of sp³-hybridized carbons (Fsp3) is 0.538. The normalized spacial score (nSPS) is 16.8. The first-order valence-electron chi connectivity index (χ1n) is 6.82. The maximum Gasteiger partial charge on any atom is 0.309 e. The fourth-order valence-corrected chi connectivity index (χ4v) is 2.79. The second-order valence-corrected chi connectivity index (χ2v) is 6.47. The smallest absolute Gasteiger partial charge is 0.309 e. The monoisotopic (exact) mass is 313 g/mol. The Morgan fingerprint density at radius 1 is 1.43 bits per heavy atom. The highest BCUT2D eigenvalue weighted by atomic mass is 32.2. The van der Waals surface area contributed by atoms with E-state index in [-0.39, 0.29) is 16.8 Å². The highest BCUT2D eigenvalue weighted by molar-refractivity contribution is 7.89. The van der Waals surface area contributed by atoms with Crippen molar-refractivity contribution >= 4 is 21.8 Å². The molecule has 0 aromatic carbocycles. The molecule has 2 heterocycles. The number of nitrogens with two attached hydrogens (primary N) is 1. The molecule has 8 heteroatoms. The van der Waals surface area contributed by atoms with Gasteiger partial charge in [0, 0.05) is 19.3 Å². The van der Waals surface area contributed by atoms with Gasteiger partial charge in [-0.15, -0.1) is 0 Å². The van der Waals surface area contributed by atoms with Crippen molar-refractivity contribution in [3.63, 3.8) is 0 Å². The summed E-state index contributed by atoms with van der Waals surface area (Å²) in [5.41, 5.74) is 0. The summed E-state index contributed by atoms with van der Waals surface area (Å²) in [4.78, 5) is 17.8. The quantitative estimate of drug-likeness (QED) is 0.812. The van der Waals surface area contributed by atoms with Crippen molar-refractivity contribution in [2.45, 2.75) is 24.7 Å². The van der Waals surface area contributed by atoms with Gasteiger partial charge in [0.1, 0.15) is 10.7 Å². The maximum absolute atomic E-state index is 11.7. The summed E-state index contributed by atoms with van der Waals surface area (Å²) >= 11 is 0. The van der Waals surface area contributed by atoms with Crippen LogP contribution in [-0.4, -0.2) is 39.1 Å². The van der Waals surface area contributed by atoms with Crippen molar-refractivity contribution in [1.82, 2.24) is 4.98 Å². The number of carbonyl (C=O) groups excluding carboxylic acids is 1. The molecule has 0 aliphatic carbocycles. The maximum atomic E-state index is 11.7. The molecule has 2 rings (SSSR count). The number of primary sulfonamides is 1. The van der Waals surface area contributed by atoms with Crippen LogP contribution in [0, 0.1) is 5.92 Å². The van der Waals surface area contributed by atoms with Crippen LogP contribution in [0.1, 0.15) is 19.8 Å². The van der Waals surface area contributed by atoms with Crippen LogP contribution in [-0.2, 0) is 19.6 Å². The lowest BCUT2D eigenvalue weighted by Gasteiger charge is -2.31. The molecule has 7 nitrogen and oxygen atoms in total. The van der Waals surface area contributed by atoms with Crippen LogP contribution in [0.25, 0.3) is 0 Å². The summed E-state index contributed by atoms with van der Waals surface area (Å²) in [5.74, 6) is 0.476. The molecule has 0 saturated carbocycles. The Kier molecular flexibility index (Phi) is 4.79. The third-order valence-corrected chi connectivity index (χ3v) is 4.39. The molecule has 0 atom stereocenters. The number of pyridine rings is 1. The van der Waals surface area contributed by atoms with Crippen molar-refractivity contribution in [2.75, 3.05) is 24.6 Å². The molecular formula is C13H19N3O4S. The Morgan fingerprint density at radius 3 is 2.57 bits per heavy atom. The Balaban J connectivity index is 1.98. The molecule has 1 saturated heterocycles. The highest BCUT2D eigenvalue weighted by Gasteiger charge is 2.26. The summed E-state index contributed by atoms with van der Waals surface area (Å²) < 4.78 is 27.4. The Bertz CT molecular complexity index is 592. The van der Waals surface area contributed by atoms with E-state index in [0.717, 1.165) is 0 Å². The molecule has 1 aliphatic rings. The van der Waals surface area contributed by atoms with Gasteiger partial charge in [0.05, 0.1) is 12.5 Å². The molecular weight excluding hydrogens is 294 g/mol. The minimum absolute atomic E-state index is 0.00680. The van der Waals surface area contributed by atoms with E-state index in [1.165, 1.54) is 12.3 Å². The lowest BCUT2D eigenvalue weighted by Crippen LogP contribution is -2.37. The van der Waals surface area contributed by atoms with Gasteiger partial charge in [0.2, 0.25) is 10.0 Å². The Morgan fingerprint density at radius 2 is 2.10 bits per heavy atom. The van der Waals surface area contributed by atoms with Gasteiger partial charge in [-0.1, -0.05) is 0 Å². The van der Waals surface area contributed by atoms with Gasteiger partial charge in [-0.05, 0) is 31.9 Å². The predicted molar refractivity (Wildman–Crippen MR) is 77.2 cm³/mol. The van der Waals surface area contributed by atoms with Gasteiger partial charge in [0.15, 0.2) is 0 Å². The predicted octanol–water partition coefficient (Wildman–Crippen LogP) is 0.509. The first-order chi connectivity index (χ1) is 9.91. The van der Waals surface area contributed by atoms with E-state index in [2.05, 4.69) is 4.98 Å². The zero-order valence-electron chi connectivity index (χ0n) is 11.9. The second kappa shape index (κ2) is 6.40. The van der Waals surface area contributed by atoms with Crippen molar-refractivity contribution in [3.05, 3.63) is 18.3 Å². The highest BCUT2D eigenvalue weighted by Crippen LogP contribution is 2.23. The molecule has 0 radical (unpaired) electrons. The van der Waals surface area contributed by atoms with Gasteiger partial charge in [-0.2, -0.15) is 0 Å². The van der Waals surface area contributed by atoms with E-state index in [9.17, 15) is 13.2 Å². The van der Waals surface area contributed by atoms with Crippen molar-refractivity contribution < 1.29 is 17.9 Å². The van der Waals surface area contributed by atoms with E-state index in [0.29, 0.717) is 38.4 Å². The number of carbonyl (C=O) groups is 1. The summed E-state index contributed by atoms with van der Waals surface area (Å²) in [5, 5.41) is 5.03. The first kappa shape index (κ1) is 15.7. The number of rotatable bonds is 4. The molecule has 2 N–H and O–H groups in total. The molecule has 0 unspecified atom stereocenters. The van der Waals surface area contributed by atoms with E-state index in [1.807, 2.05) is 4.90 Å². The largest absolute Gasteiger partial charge is 0.466 e. The fourth-order valence-electron chi connectivity index (χ4n) is 2.33. The first-order valence-corrected chi connectivity index (χ1v) is 8.37. The third kappa shape index (κ3) is 3.92. The zero-order chi connectivity index (χ0) is 15.5. The number of anilines is 1. The van der Waals surface area contributed by atoms with Crippen LogP contribution in [0.5, 0.6) is 0 Å². The SMILES string of the molecule is CCOC(=O)C1CCN(c2ccc(S(N)(=O)=O)cn2)CC1. The topological polar surface area (TPSA) is 103 Å². The van der Waals surface area contributed by atoms with Crippen molar-refractivity contribution in [2.24, 2.45) is 11.1 Å². The molecule has 0 spiro atoms. The second-order valence-electron chi connectivity index (χ2n) is 4.91. The van der Waals surface area contributed by atoms with Crippen LogP contribution in [0.3, 0.4) is 0 Å². The molecule has 21 heavy (non-hydrogen) atoms. The van der Waals surface area contributed by atoms with Crippen LogP contribution >= 0.6 is 0 Å². The van der Waals surface area contributed by atoms with E-state index < -0.39 is 10.0 Å². The lowest BCUT2D eigenvalue weighted by atomic mass is 9.97. The summed E-state index contributed by atoms with van der Waals surface area (Å²) in [6.07, 6.45) is 2.66. The Hall–Kier alpha value is -1.67. The number of piperidine rings is 1. The van der Waals surface area contributed by atoms with Gasteiger partial charge >= 0.3 is 5.97 Å². The van der Waals surface area contributed by atoms with E-state index in [4.69, 9.17) is 9.88 Å². The number of aromatic nitrogens is 1. The van der Waals surface area contributed by atoms with Crippen LogP contribution in [0.4, 0.5) is 5.82 Å². The molecule has 1 aromatic rings. The average molecular weight is 313 g/mol. The summed E-state index contributed by atoms with van der Waals surface area (Å²) in [6, 6.07) is 3.07. The van der Waals surface area contributed by atoms with Gasteiger partial charge in [-0.3, -0.25) is 4.79 Å². The average Bonchev–Trinajstić information content (AvgIpc) is 2.47. The molecule has 1 fully saturated rings. The molecule has 1 aromatic heterocycles. The number of esters is 1. The van der Waals surface area contributed by atoms with Crippen LogP contribution in [0.15, 0.2) is 23.2 Å². The zero-order valence-corrected chi connectivity index (χ0v) is 12.7. The number of nitrogens with zero attached hydrogens (tertiary/aromatic N) is 2. The lowest BCUT2D eigenvalue weighted by molar-refractivity contribution is -0.148. The van der Waals surface area contributed by atoms with Gasteiger partial charge < -0.3 is 9.64 Å². The standard InChI is InChI=1S/C13H19N3O4S/c1-2-20-13(17)10-5-7-16(8-6-10)12-4-3-11(9-15-12)21(14,18)19/h3-4,9-10H,2,5-8H2,1H3,(H2,14,18,19). The third-order valence-electron chi connectivity index (χ3n) is 3.49. The van der Waals surface area contributed by atoms with Gasteiger partial charge in [-0.25, -0.2) is 18.5 Å². The molecule has 0 amide bonds. The molecule has 0 bridgehead atoms. The Labute approximate surface area is 124 Å². The molecule has 116 valence electrons. The minimum Gasteiger partial charge on any atom is -0.466 e. The van der Waals surface area contributed by atoms with Gasteiger partial charge in [0.25, 0.3) is 0 Å². The number of hydrogen-bond donors (Lipinski definition) is 1. The number of ether oxygens (including phenoxy) is 1. The number of hydrogen-bond acceptors (Lipinski definition) is 6. The summed E-state index contributed by atoms with van der Waals surface area (Å²) in [7, 11) is -3.72. The van der Waals surface area contributed by atoms with Crippen LogP contribution < -0.4 is 10.0 Å². The van der Waals surface area contributed by atoms with Crippen molar-refractivity contribution in [1.29, 1.82) is 0 Å². The minimum atomic E-state index is -3.72. The van der Waals surface area contributed by atoms with Crippen molar-refractivity contribution in [3.8, 4) is 0 Å². The van der Waals surface area contributed by atoms with Crippen LogP contribution in [0.2, 0.25) is 0 Å². The number of sulfonamides is 1. The van der Waals surface area contributed by atoms with E-state index >= 15 is 0 Å².